The Morgan fingerprint density at radius 3 is 2.62 bits per heavy atom. The molecule has 0 unspecified atom stereocenters. The average molecular weight is 317 g/mol. The molecule has 0 aliphatic rings. The van der Waals surface area contributed by atoms with E-state index in [9.17, 15) is 24.5 Å². The highest BCUT2D eigenvalue weighted by molar-refractivity contribution is 6.32. The first-order valence-corrected chi connectivity index (χ1v) is 5.72. The molecule has 2 amide bonds. The number of carboxylic acid groups (broad SMARTS) is 1. The highest BCUT2D eigenvalue weighted by Gasteiger charge is 2.28. The fraction of sp³-hybridized carbons (Fsp3) is 0.200. The van der Waals surface area contributed by atoms with Gasteiger partial charge >= 0.3 is 11.7 Å². The van der Waals surface area contributed by atoms with E-state index in [2.05, 4.69) is 4.98 Å². The van der Waals surface area contributed by atoms with Gasteiger partial charge in [0.15, 0.2) is 0 Å². The third kappa shape index (κ3) is 4.11. The molecule has 0 fully saturated rings. The molecular formula is C10H9ClN4O6. The van der Waals surface area contributed by atoms with Gasteiger partial charge in [-0.25, -0.2) is 9.78 Å². The van der Waals surface area contributed by atoms with Gasteiger partial charge in [0.05, 0.1) is 11.3 Å². The first-order chi connectivity index (χ1) is 9.73. The van der Waals surface area contributed by atoms with Crippen LogP contribution in [0.25, 0.3) is 0 Å². The largest absolute Gasteiger partial charge is 0.480 e. The molecule has 21 heavy (non-hydrogen) atoms. The minimum atomic E-state index is -1.61. The summed E-state index contributed by atoms with van der Waals surface area (Å²) in [6.45, 7) is 0. The average Bonchev–Trinajstić information content (AvgIpc) is 2.36. The maximum atomic E-state index is 11.9. The summed E-state index contributed by atoms with van der Waals surface area (Å²) in [5.41, 5.74) is 3.61. The molecule has 0 spiro atoms. The molecule has 1 aromatic rings. The van der Waals surface area contributed by atoms with Crippen molar-refractivity contribution in [3.63, 3.8) is 0 Å². The molecule has 1 rings (SSSR count). The van der Waals surface area contributed by atoms with E-state index in [1.807, 2.05) is 5.32 Å². The highest BCUT2D eigenvalue weighted by Crippen LogP contribution is 2.25. The molecule has 1 atom stereocenters. The smallest absolute Gasteiger partial charge is 0.326 e. The number of nitrogens with one attached hydrogen (secondary N) is 1. The number of carbonyl (C=O) groups excluding carboxylic acids is 2. The Labute approximate surface area is 122 Å². The van der Waals surface area contributed by atoms with Crippen LogP contribution in [0.15, 0.2) is 12.3 Å². The van der Waals surface area contributed by atoms with E-state index in [1.54, 1.807) is 0 Å². The maximum absolute atomic E-state index is 11.9. The Morgan fingerprint density at radius 1 is 1.52 bits per heavy atom. The Bertz CT molecular complexity index is 620. The highest BCUT2D eigenvalue weighted by atomic mass is 35.5. The number of hydrogen-bond donors (Lipinski definition) is 3. The zero-order chi connectivity index (χ0) is 16.2. The van der Waals surface area contributed by atoms with Crippen molar-refractivity contribution in [3.05, 3.63) is 33.1 Å². The molecule has 0 bridgehead atoms. The minimum absolute atomic E-state index is 0.476. The molecule has 0 radical (unpaired) electrons. The van der Waals surface area contributed by atoms with E-state index in [0.29, 0.717) is 0 Å². The topological polar surface area (TPSA) is 166 Å². The van der Waals surface area contributed by atoms with Gasteiger partial charge in [0.25, 0.3) is 5.91 Å². The fourth-order valence-electron chi connectivity index (χ4n) is 1.42. The van der Waals surface area contributed by atoms with Crippen LogP contribution in [0.2, 0.25) is 5.15 Å². The number of nitrogens with zero attached hydrogens (tertiary/aromatic N) is 2. The Morgan fingerprint density at radius 2 is 2.14 bits per heavy atom. The third-order valence-electron chi connectivity index (χ3n) is 2.32. The molecule has 112 valence electrons. The second kappa shape index (κ2) is 6.61. The predicted molar refractivity (Wildman–Crippen MR) is 68.6 cm³/mol. The molecule has 1 aromatic heterocycles. The van der Waals surface area contributed by atoms with Gasteiger partial charge in [-0.05, 0) is 6.07 Å². The summed E-state index contributed by atoms with van der Waals surface area (Å²) in [7, 11) is 0. The van der Waals surface area contributed by atoms with Crippen molar-refractivity contribution in [3.8, 4) is 0 Å². The summed E-state index contributed by atoms with van der Waals surface area (Å²) in [4.78, 5) is 46.9. The lowest BCUT2D eigenvalue weighted by Gasteiger charge is -2.12. The molecule has 0 aromatic carbocycles. The van der Waals surface area contributed by atoms with E-state index in [0.717, 1.165) is 12.3 Å². The molecule has 0 aliphatic heterocycles. The zero-order valence-corrected chi connectivity index (χ0v) is 11.0. The number of nitrogens with two attached hydrogens (primary N) is 1. The Balaban J connectivity index is 3.09. The second-order valence-electron chi connectivity index (χ2n) is 3.79. The van der Waals surface area contributed by atoms with Crippen molar-refractivity contribution in [2.24, 2.45) is 5.73 Å². The van der Waals surface area contributed by atoms with Crippen molar-refractivity contribution < 1.29 is 24.4 Å². The molecule has 1 heterocycles. The monoisotopic (exact) mass is 316 g/mol. The van der Waals surface area contributed by atoms with Crippen LogP contribution >= 0.6 is 11.6 Å². The number of aromatic nitrogens is 1. The van der Waals surface area contributed by atoms with Gasteiger partial charge in [-0.1, -0.05) is 11.6 Å². The molecule has 0 saturated heterocycles. The van der Waals surface area contributed by atoms with Crippen molar-refractivity contribution >= 4 is 35.1 Å². The lowest BCUT2D eigenvalue weighted by Crippen LogP contribution is -2.43. The van der Waals surface area contributed by atoms with E-state index in [1.165, 1.54) is 0 Å². The summed E-state index contributed by atoms with van der Waals surface area (Å²) < 4.78 is 0. The lowest BCUT2D eigenvalue weighted by molar-refractivity contribution is -0.385. The van der Waals surface area contributed by atoms with E-state index < -0.39 is 51.6 Å². The van der Waals surface area contributed by atoms with Crippen LogP contribution < -0.4 is 11.1 Å². The van der Waals surface area contributed by atoms with Crippen molar-refractivity contribution in [2.45, 2.75) is 12.5 Å². The SMILES string of the molecule is NC(=O)C[C@@H](NC(=O)c1ccnc(Cl)c1[N+](=O)[O-])C(=O)O. The van der Waals surface area contributed by atoms with Crippen molar-refractivity contribution in [1.29, 1.82) is 0 Å². The summed E-state index contributed by atoms with van der Waals surface area (Å²) in [5.74, 6) is -3.55. The minimum Gasteiger partial charge on any atom is -0.480 e. The van der Waals surface area contributed by atoms with Crippen LogP contribution in [0, 0.1) is 10.1 Å². The Kier molecular flexibility index (Phi) is 5.13. The number of amides is 2. The number of hydrogen-bond acceptors (Lipinski definition) is 6. The van der Waals surface area contributed by atoms with Gasteiger partial charge in [0, 0.05) is 6.20 Å². The molecule has 0 aliphatic carbocycles. The number of rotatable bonds is 6. The standard InChI is InChI=1S/C10H9ClN4O6/c11-8-7(15(20)21)4(1-2-13-8)9(17)14-5(10(18)19)3-6(12)16/h1-2,5H,3H2,(H2,12,16)(H,14,17)(H,18,19)/t5-/m1/s1. The number of primary amides is 1. The second-order valence-corrected chi connectivity index (χ2v) is 4.15. The first kappa shape index (κ1) is 16.3. The molecule has 10 nitrogen and oxygen atoms in total. The molecular weight excluding hydrogens is 308 g/mol. The van der Waals surface area contributed by atoms with Crippen molar-refractivity contribution in [1.82, 2.24) is 10.3 Å². The third-order valence-corrected chi connectivity index (χ3v) is 2.59. The van der Waals surface area contributed by atoms with Crippen LogP contribution in [0.5, 0.6) is 0 Å². The Hall–Kier alpha value is -2.75. The number of carbonyl (C=O) groups is 3. The van der Waals surface area contributed by atoms with Crippen LogP contribution in [-0.2, 0) is 9.59 Å². The zero-order valence-electron chi connectivity index (χ0n) is 10.3. The molecule has 4 N–H and O–H groups in total. The number of carboxylic acids is 1. The van der Waals surface area contributed by atoms with Crippen LogP contribution in [0.3, 0.4) is 0 Å². The van der Waals surface area contributed by atoms with Gasteiger partial charge in [-0.3, -0.25) is 19.7 Å². The van der Waals surface area contributed by atoms with Gasteiger partial charge in [-0.2, -0.15) is 0 Å². The number of nitro groups is 1. The normalized spacial score (nSPS) is 11.5. The van der Waals surface area contributed by atoms with Crippen LogP contribution in [0.1, 0.15) is 16.8 Å². The first-order valence-electron chi connectivity index (χ1n) is 5.35. The number of halogens is 1. The summed E-state index contributed by atoms with van der Waals surface area (Å²) in [6, 6.07) is -0.607. The quantitative estimate of drug-likeness (QED) is 0.368. The van der Waals surface area contributed by atoms with Gasteiger partial charge < -0.3 is 16.2 Å². The van der Waals surface area contributed by atoms with Crippen molar-refractivity contribution in [2.75, 3.05) is 0 Å². The number of aliphatic carboxylic acids is 1. The summed E-state index contributed by atoms with van der Waals surface area (Å²) in [5, 5.41) is 21.1. The van der Waals surface area contributed by atoms with E-state index in [4.69, 9.17) is 22.4 Å². The van der Waals surface area contributed by atoms with Gasteiger partial charge in [0.2, 0.25) is 11.1 Å². The van der Waals surface area contributed by atoms with Crippen LogP contribution in [0.4, 0.5) is 5.69 Å². The van der Waals surface area contributed by atoms with Gasteiger partial charge in [0.1, 0.15) is 11.6 Å². The summed E-state index contributed by atoms with van der Waals surface area (Å²) in [6.07, 6.45) is 0.391. The maximum Gasteiger partial charge on any atom is 0.326 e. The van der Waals surface area contributed by atoms with Gasteiger partial charge in [-0.15, -0.1) is 0 Å². The molecule has 0 saturated carbocycles. The van der Waals surface area contributed by atoms with Crippen LogP contribution in [-0.4, -0.2) is 38.8 Å². The fourth-order valence-corrected chi connectivity index (χ4v) is 1.65. The predicted octanol–water partition coefficient (Wildman–Crippen LogP) is -0.298. The van der Waals surface area contributed by atoms with E-state index in [-0.39, 0.29) is 0 Å². The van der Waals surface area contributed by atoms with E-state index >= 15 is 0 Å². The molecule has 11 heteroatoms. The number of pyridine rings is 1. The summed E-state index contributed by atoms with van der Waals surface area (Å²) >= 11 is 5.53. The lowest BCUT2D eigenvalue weighted by atomic mass is 10.1.